The van der Waals surface area contributed by atoms with Gasteiger partial charge in [0.2, 0.25) is 4.80 Å². The third-order valence-corrected chi connectivity index (χ3v) is 6.05. The second-order valence-electron chi connectivity index (χ2n) is 7.40. The van der Waals surface area contributed by atoms with Crippen LogP contribution in [0.15, 0.2) is 76.1 Å². The predicted molar refractivity (Wildman–Crippen MR) is 131 cm³/mol. The molecule has 168 valence electrons. The molecule has 0 spiro atoms. The van der Waals surface area contributed by atoms with Crippen molar-refractivity contribution >= 4 is 23.2 Å². The number of para-hydroxylation sites is 1. The quantitative estimate of drug-likeness (QED) is 0.326. The van der Waals surface area contributed by atoms with Gasteiger partial charge in [0.15, 0.2) is 0 Å². The molecule has 1 aromatic heterocycles. The van der Waals surface area contributed by atoms with Crippen LogP contribution in [0.1, 0.15) is 16.7 Å². The molecule has 0 radical (unpaired) electrons. The maximum absolute atomic E-state index is 14.3. The summed E-state index contributed by atoms with van der Waals surface area (Å²) in [5.41, 5.74) is 4.95. The molecule has 0 unspecified atom stereocenters. The Morgan fingerprint density at radius 2 is 1.70 bits per heavy atom. The van der Waals surface area contributed by atoms with Crippen LogP contribution in [0.5, 0.6) is 11.5 Å². The second-order valence-corrected chi connectivity index (χ2v) is 8.24. The van der Waals surface area contributed by atoms with E-state index in [1.54, 1.807) is 37.1 Å². The van der Waals surface area contributed by atoms with Crippen molar-refractivity contribution < 1.29 is 13.9 Å². The van der Waals surface area contributed by atoms with Gasteiger partial charge in [-0.2, -0.15) is 5.10 Å². The first-order chi connectivity index (χ1) is 16.0. The first-order valence-corrected chi connectivity index (χ1v) is 11.2. The number of aromatic nitrogens is 1. The first-order valence-electron chi connectivity index (χ1n) is 10.3. The molecular formula is C26H24FN3O2S. The fourth-order valence-corrected chi connectivity index (χ4v) is 4.30. The number of aryl methyl sites for hydroxylation is 2. The standard InChI is InChI=1S/C26H24FN3O2S/c1-17-8-7-9-18(2)25(17)29-26-30(28-15-19-10-5-6-11-22(19)27)23(16-33-26)21-14-20(31-3)12-13-24(21)32-4/h5-16H,1-4H3/b28-15+,29-26?. The lowest BCUT2D eigenvalue weighted by Crippen LogP contribution is -2.12. The van der Waals surface area contributed by atoms with Crippen LogP contribution in [0.25, 0.3) is 11.3 Å². The Morgan fingerprint density at radius 3 is 2.39 bits per heavy atom. The molecule has 4 aromatic rings. The highest BCUT2D eigenvalue weighted by molar-refractivity contribution is 7.07. The van der Waals surface area contributed by atoms with Crippen LogP contribution in [0.3, 0.4) is 0 Å². The molecule has 0 amide bonds. The van der Waals surface area contributed by atoms with Gasteiger partial charge in [0.1, 0.15) is 17.3 Å². The lowest BCUT2D eigenvalue weighted by Gasteiger charge is -2.11. The van der Waals surface area contributed by atoms with Gasteiger partial charge in [0, 0.05) is 16.5 Å². The van der Waals surface area contributed by atoms with E-state index in [-0.39, 0.29) is 5.82 Å². The summed E-state index contributed by atoms with van der Waals surface area (Å²) in [4.78, 5) is 5.57. The zero-order chi connectivity index (χ0) is 23.4. The molecule has 0 aliphatic carbocycles. The van der Waals surface area contributed by atoms with Crippen molar-refractivity contribution in [2.45, 2.75) is 13.8 Å². The molecule has 0 bridgehead atoms. The summed E-state index contributed by atoms with van der Waals surface area (Å²) in [6, 6.07) is 18.1. The summed E-state index contributed by atoms with van der Waals surface area (Å²) in [6.45, 7) is 4.05. The third kappa shape index (κ3) is 4.73. The van der Waals surface area contributed by atoms with Crippen molar-refractivity contribution in [1.82, 2.24) is 4.68 Å². The fraction of sp³-hybridized carbons (Fsp3) is 0.154. The summed E-state index contributed by atoms with van der Waals surface area (Å²) in [6.07, 6.45) is 1.50. The van der Waals surface area contributed by atoms with Crippen LogP contribution in [-0.4, -0.2) is 25.1 Å². The van der Waals surface area contributed by atoms with Crippen LogP contribution in [0, 0.1) is 19.7 Å². The molecule has 33 heavy (non-hydrogen) atoms. The number of methoxy groups -OCH3 is 2. The SMILES string of the molecule is COc1ccc(OC)c(-c2csc(=Nc3c(C)cccc3C)n2/N=C/c2ccccc2F)c1. The van der Waals surface area contributed by atoms with E-state index in [2.05, 4.69) is 5.10 Å². The monoisotopic (exact) mass is 461 g/mol. The highest BCUT2D eigenvalue weighted by Gasteiger charge is 2.15. The summed E-state index contributed by atoms with van der Waals surface area (Å²) in [7, 11) is 3.23. The van der Waals surface area contributed by atoms with Gasteiger partial charge in [0.25, 0.3) is 0 Å². The normalized spacial score (nSPS) is 11.8. The number of benzene rings is 3. The highest BCUT2D eigenvalue weighted by Crippen LogP contribution is 2.34. The van der Waals surface area contributed by atoms with Gasteiger partial charge in [0.05, 0.1) is 31.8 Å². The minimum absolute atomic E-state index is 0.342. The van der Waals surface area contributed by atoms with E-state index in [1.165, 1.54) is 23.6 Å². The van der Waals surface area contributed by atoms with Crippen LogP contribution in [0.4, 0.5) is 10.1 Å². The molecule has 7 heteroatoms. The average Bonchev–Trinajstić information content (AvgIpc) is 3.22. The zero-order valence-electron chi connectivity index (χ0n) is 18.9. The van der Waals surface area contributed by atoms with E-state index >= 15 is 0 Å². The van der Waals surface area contributed by atoms with Crippen molar-refractivity contribution in [2.75, 3.05) is 14.2 Å². The average molecular weight is 462 g/mol. The second kappa shape index (κ2) is 9.83. The minimum atomic E-state index is -0.342. The summed E-state index contributed by atoms with van der Waals surface area (Å²) in [5.74, 6) is 1.02. The number of thiazole rings is 1. The van der Waals surface area contributed by atoms with Gasteiger partial charge in [-0.05, 0) is 49.2 Å². The Morgan fingerprint density at radius 1 is 0.939 bits per heavy atom. The van der Waals surface area contributed by atoms with Gasteiger partial charge in [-0.25, -0.2) is 14.1 Å². The van der Waals surface area contributed by atoms with E-state index in [0.29, 0.717) is 21.9 Å². The topological polar surface area (TPSA) is 48.1 Å². The predicted octanol–water partition coefficient (Wildman–Crippen LogP) is 6.10. The number of rotatable bonds is 6. The van der Waals surface area contributed by atoms with Crippen LogP contribution < -0.4 is 14.3 Å². The zero-order valence-corrected chi connectivity index (χ0v) is 19.7. The van der Waals surface area contributed by atoms with E-state index in [4.69, 9.17) is 14.5 Å². The van der Waals surface area contributed by atoms with Crippen molar-refractivity contribution in [2.24, 2.45) is 10.1 Å². The molecule has 0 aliphatic rings. The molecular weight excluding hydrogens is 437 g/mol. The van der Waals surface area contributed by atoms with Gasteiger partial charge < -0.3 is 9.47 Å². The lowest BCUT2D eigenvalue weighted by atomic mass is 10.1. The minimum Gasteiger partial charge on any atom is -0.497 e. The fourth-order valence-electron chi connectivity index (χ4n) is 3.47. The first kappa shape index (κ1) is 22.5. The molecule has 3 aromatic carbocycles. The smallest absolute Gasteiger partial charge is 0.211 e. The Balaban J connectivity index is 1.96. The summed E-state index contributed by atoms with van der Waals surface area (Å²) in [5, 5.41) is 6.59. The molecule has 0 N–H and O–H groups in total. The Bertz CT molecular complexity index is 1370. The van der Waals surface area contributed by atoms with Crippen LogP contribution in [0.2, 0.25) is 0 Å². The molecule has 0 aliphatic heterocycles. The molecule has 0 atom stereocenters. The van der Waals surface area contributed by atoms with Gasteiger partial charge in [-0.1, -0.05) is 36.4 Å². The number of nitrogens with zero attached hydrogens (tertiary/aromatic N) is 3. The Hall–Kier alpha value is -3.71. The van der Waals surface area contributed by atoms with E-state index < -0.39 is 0 Å². The number of ether oxygens (including phenoxy) is 2. The van der Waals surface area contributed by atoms with Crippen molar-refractivity contribution in [1.29, 1.82) is 0 Å². The number of hydrogen-bond donors (Lipinski definition) is 0. The Kier molecular flexibility index (Phi) is 6.70. The van der Waals surface area contributed by atoms with E-state index in [1.807, 2.05) is 55.6 Å². The molecule has 5 nitrogen and oxygen atoms in total. The van der Waals surface area contributed by atoms with Gasteiger partial charge in [-0.15, -0.1) is 11.3 Å². The molecule has 0 saturated carbocycles. The molecule has 1 heterocycles. The number of hydrogen-bond acceptors (Lipinski definition) is 5. The largest absolute Gasteiger partial charge is 0.497 e. The summed E-state index contributed by atoms with van der Waals surface area (Å²) < 4.78 is 27.0. The van der Waals surface area contributed by atoms with Crippen LogP contribution in [-0.2, 0) is 0 Å². The van der Waals surface area contributed by atoms with Gasteiger partial charge in [-0.3, -0.25) is 0 Å². The molecule has 0 fully saturated rings. The number of halogens is 1. The van der Waals surface area contributed by atoms with Crippen molar-refractivity contribution in [3.8, 4) is 22.8 Å². The molecule has 0 saturated heterocycles. The Labute approximate surface area is 196 Å². The highest BCUT2D eigenvalue weighted by atomic mass is 32.1. The third-order valence-electron chi connectivity index (χ3n) is 5.23. The molecule has 4 rings (SSSR count). The van der Waals surface area contributed by atoms with E-state index in [0.717, 1.165) is 28.1 Å². The van der Waals surface area contributed by atoms with Crippen molar-refractivity contribution in [3.63, 3.8) is 0 Å². The lowest BCUT2D eigenvalue weighted by molar-refractivity contribution is 0.404. The van der Waals surface area contributed by atoms with E-state index in [9.17, 15) is 4.39 Å². The van der Waals surface area contributed by atoms with Crippen LogP contribution >= 0.6 is 11.3 Å². The summed E-state index contributed by atoms with van der Waals surface area (Å²) >= 11 is 1.45. The maximum atomic E-state index is 14.3. The van der Waals surface area contributed by atoms with Gasteiger partial charge >= 0.3 is 0 Å². The maximum Gasteiger partial charge on any atom is 0.211 e. The van der Waals surface area contributed by atoms with Crippen molar-refractivity contribution in [3.05, 3.63) is 93.4 Å².